The molecule has 2 aromatic rings. The van der Waals surface area contributed by atoms with E-state index in [-0.39, 0.29) is 0 Å². The Bertz CT molecular complexity index is 790. The summed E-state index contributed by atoms with van der Waals surface area (Å²) in [5.41, 5.74) is 1.94. The molecule has 0 N–H and O–H groups in total. The number of rotatable bonds is 6. The molecule has 0 saturated heterocycles. The van der Waals surface area contributed by atoms with Gasteiger partial charge in [-0.25, -0.2) is 0 Å². The summed E-state index contributed by atoms with van der Waals surface area (Å²) in [6.07, 6.45) is 1.08. The molecule has 0 radical (unpaired) electrons. The third-order valence-corrected chi connectivity index (χ3v) is 3.77. The Labute approximate surface area is 155 Å². The number of ether oxygens (including phenoxy) is 4. The summed E-state index contributed by atoms with van der Waals surface area (Å²) in [5, 5.41) is 0. The molecule has 2 aromatic carbocycles. The van der Waals surface area contributed by atoms with Crippen LogP contribution in [0, 0.1) is 23.7 Å². The Hall–Kier alpha value is -3.24. The molecule has 134 valence electrons. The lowest BCUT2D eigenvalue weighted by Gasteiger charge is -2.07. The Morgan fingerprint density at radius 2 is 1.04 bits per heavy atom. The van der Waals surface area contributed by atoms with Gasteiger partial charge in [-0.05, 0) is 48.2 Å². The highest BCUT2D eigenvalue weighted by Gasteiger charge is 2.04. The third kappa shape index (κ3) is 5.13. The maximum atomic E-state index is 5.34. The van der Waals surface area contributed by atoms with Crippen molar-refractivity contribution in [1.29, 1.82) is 0 Å². The van der Waals surface area contributed by atoms with Gasteiger partial charge in [-0.1, -0.05) is 11.8 Å². The van der Waals surface area contributed by atoms with Crippen LogP contribution >= 0.6 is 0 Å². The fraction of sp³-hybridized carbons (Fsp3) is 0.273. The molecule has 0 aliphatic carbocycles. The maximum Gasteiger partial charge on any atom is 0.123 e. The molecule has 0 aliphatic rings. The Morgan fingerprint density at radius 3 is 1.38 bits per heavy atom. The van der Waals surface area contributed by atoms with E-state index in [1.54, 1.807) is 28.4 Å². The van der Waals surface area contributed by atoms with Crippen molar-refractivity contribution in [2.24, 2.45) is 0 Å². The van der Waals surface area contributed by atoms with Gasteiger partial charge in [-0.3, -0.25) is 0 Å². The molecule has 4 heteroatoms. The van der Waals surface area contributed by atoms with Crippen LogP contribution in [0.5, 0.6) is 23.0 Å². The van der Waals surface area contributed by atoms with Crippen LogP contribution in [0.1, 0.15) is 11.1 Å². The molecular formula is C22H22O4. The van der Waals surface area contributed by atoms with Crippen LogP contribution in [0.3, 0.4) is 0 Å². The molecule has 0 amide bonds. The summed E-state index contributed by atoms with van der Waals surface area (Å²) in [6.45, 7) is 0. The highest BCUT2D eigenvalue weighted by molar-refractivity contribution is 5.44. The molecule has 0 spiro atoms. The van der Waals surface area contributed by atoms with Crippen molar-refractivity contribution in [2.75, 3.05) is 28.4 Å². The summed E-state index contributed by atoms with van der Waals surface area (Å²) < 4.78 is 21.2. The summed E-state index contributed by atoms with van der Waals surface area (Å²) in [7, 11) is 6.55. The number of benzene rings is 2. The molecule has 0 bridgehead atoms. The average molecular weight is 350 g/mol. The lowest BCUT2D eigenvalue weighted by Crippen LogP contribution is -1.93. The van der Waals surface area contributed by atoms with E-state index in [9.17, 15) is 0 Å². The molecule has 0 fully saturated rings. The van der Waals surface area contributed by atoms with Gasteiger partial charge in [-0.2, -0.15) is 0 Å². The number of methoxy groups -OCH3 is 4. The van der Waals surface area contributed by atoms with E-state index in [1.807, 2.05) is 36.4 Å². The standard InChI is InChI=1S/C22H22O4/c1-23-19-11-13-21(25-3)17(15-19)9-7-5-6-8-10-18-16-20(24-2)12-14-22(18)26-4/h11-16H,9-10H2,1-4H3. The van der Waals surface area contributed by atoms with E-state index in [2.05, 4.69) is 23.7 Å². The summed E-state index contributed by atoms with van der Waals surface area (Å²) in [5.74, 6) is 15.0. The first-order valence-corrected chi connectivity index (χ1v) is 8.09. The first-order valence-electron chi connectivity index (χ1n) is 8.09. The number of hydrogen-bond acceptors (Lipinski definition) is 4. The molecule has 2 rings (SSSR count). The average Bonchev–Trinajstić information content (AvgIpc) is 2.70. The lowest BCUT2D eigenvalue weighted by molar-refractivity contribution is 0.400. The van der Waals surface area contributed by atoms with Gasteiger partial charge < -0.3 is 18.9 Å². The lowest BCUT2D eigenvalue weighted by atomic mass is 10.1. The van der Waals surface area contributed by atoms with E-state index in [0.717, 1.165) is 34.1 Å². The predicted octanol–water partition coefficient (Wildman–Crippen LogP) is 3.51. The molecular weight excluding hydrogens is 328 g/mol. The van der Waals surface area contributed by atoms with Crippen LogP contribution in [0.15, 0.2) is 36.4 Å². The maximum absolute atomic E-state index is 5.34. The minimum absolute atomic E-state index is 0.539. The van der Waals surface area contributed by atoms with E-state index in [4.69, 9.17) is 18.9 Å². The highest BCUT2D eigenvalue weighted by atomic mass is 16.5. The molecule has 26 heavy (non-hydrogen) atoms. The zero-order chi connectivity index (χ0) is 18.8. The van der Waals surface area contributed by atoms with Gasteiger partial charge >= 0.3 is 0 Å². The molecule has 0 unspecified atom stereocenters. The molecule has 0 atom stereocenters. The fourth-order valence-corrected chi connectivity index (χ4v) is 2.41. The number of hydrogen-bond donors (Lipinski definition) is 0. The van der Waals surface area contributed by atoms with Crippen LogP contribution in [-0.4, -0.2) is 28.4 Å². The summed E-state index contributed by atoms with van der Waals surface area (Å²) >= 11 is 0. The van der Waals surface area contributed by atoms with E-state index >= 15 is 0 Å². The molecule has 0 aromatic heterocycles. The van der Waals surface area contributed by atoms with Crippen LogP contribution < -0.4 is 18.9 Å². The highest BCUT2D eigenvalue weighted by Crippen LogP contribution is 2.25. The first-order chi connectivity index (χ1) is 12.7. The Morgan fingerprint density at radius 1 is 0.615 bits per heavy atom. The monoisotopic (exact) mass is 350 g/mol. The summed E-state index contributed by atoms with van der Waals surface area (Å²) in [6, 6.07) is 11.3. The van der Waals surface area contributed by atoms with Crippen molar-refractivity contribution >= 4 is 0 Å². The van der Waals surface area contributed by atoms with Gasteiger partial charge in [0, 0.05) is 24.0 Å². The topological polar surface area (TPSA) is 36.9 Å². The third-order valence-electron chi connectivity index (χ3n) is 3.77. The van der Waals surface area contributed by atoms with Crippen LogP contribution in [0.25, 0.3) is 0 Å². The van der Waals surface area contributed by atoms with E-state index in [1.165, 1.54) is 0 Å². The van der Waals surface area contributed by atoms with Crippen LogP contribution in [0.2, 0.25) is 0 Å². The van der Waals surface area contributed by atoms with Gasteiger partial charge in [0.1, 0.15) is 23.0 Å². The van der Waals surface area contributed by atoms with Gasteiger partial charge in [0.05, 0.1) is 28.4 Å². The minimum Gasteiger partial charge on any atom is -0.497 e. The van der Waals surface area contributed by atoms with Crippen molar-refractivity contribution < 1.29 is 18.9 Å². The van der Waals surface area contributed by atoms with Gasteiger partial charge in [0.15, 0.2) is 0 Å². The second kappa shape index (κ2) is 9.91. The molecule has 0 saturated carbocycles. The molecule has 0 heterocycles. The van der Waals surface area contributed by atoms with Gasteiger partial charge in [-0.15, -0.1) is 0 Å². The van der Waals surface area contributed by atoms with Crippen molar-refractivity contribution in [3.63, 3.8) is 0 Å². The normalized spacial score (nSPS) is 9.23. The van der Waals surface area contributed by atoms with Crippen LogP contribution in [-0.2, 0) is 12.8 Å². The Balaban J connectivity index is 2.04. The zero-order valence-corrected chi connectivity index (χ0v) is 15.5. The quantitative estimate of drug-likeness (QED) is 0.747. The van der Waals surface area contributed by atoms with Gasteiger partial charge in [0.25, 0.3) is 0 Å². The largest absolute Gasteiger partial charge is 0.497 e. The van der Waals surface area contributed by atoms with Crippen molar-refractivity contribution in [3.05, 3.63) is 47.5 Å². The first kappa shape index (κ1) is 19.1. The van der Waals surface area contributed by atoms with E-state index < -0.39 is 0 Å². The summed E-state index contributed by atoms with van der Waals surface area (Å²) in [4.78, 5) is 0. The van der Waals surface area contributed by atoms with Crippen molar-refractivity contribution in [2.45, 2.75) is 12.8 Å². The molecule has 0 aliphatic heterocycles. The Kier molecular flexibility index (Phi) is 7.28. The van der Waals surface area contributed by atoms with Crippen LogP contribution in [0.4, 0.5) is 0 Å². The minimum atomic E-state index is 0.539. The SMILES string of the molecule is COc1ccc(OC)c(CC#CC#CCc2cc(OC)ccc2OC)c1. The van der Waals surface area contributed by atoms with E-state index in [0.29, 0.717) is 12.8 Å². The smallest absolute Gasteiger partial charge is 0.123 e. The predicted molar refractivity (Wildman–Crippen MR) is 102 cm³/mol. The fourth-order valence-electron chi connectivity index (χ4n) is 2.41. The molecule has 4 nitrogen and oxygen atoms in total. The van der Waals surface area contributed by atoms with Crippen molar-refractivity contribution in [3.8, 4) is 46.7 Å². The second-order valence-corrected chi connectivity index (χ2v) is 5.31. The van der Waals surface area contributed by atoms with Gasteiger partial charge in [0.2, 0.25) is 0 Å². The second-order valence-electron chi connectivity index (χ2n) is 5.31. The van der Waals surface area contributed by atoms with Crippen molar-refractivity contribution in [1.82, 2.24) is 0 Å². The zero-order valence-electron chi connectivity index (χ0n) is 15.5.